The first-order valence-electron chi connectivity index (χ1n) is 16.7. The predicted octanol–water partition coefficient (Wildman–Crippen LogP) is 4.30. The maximum Gasteiger partial charge on any atom is 0.319 e. The van der Waals surface area contributed by atoms with Crippen molar-refractivity contribution in [2.75, 3.05) is 63.5 Å². The summed E-state index contributed by atoms with van der Waals surface area (Å²) in [5.74, 6) is 1.47. The number of nitrogens with zero attached hydrogens (tertiary/aromatic N) is 7. The van der Waals surface area contributed by atoms with Gasteiger partial charge in [0, 0.05) is 62.0 Å². The fourth-order valence-corrected chi connectivity index (χ4v) is 7.76. The van der Waals surface area contributed by atoms with Crippen LogP contribution in [0.1, 0.15) is 43.4 Å². The first kappa shape index (κ1) is 31.2. The number of amides is 1. The number of hydrogen-bond acceptors (Lipinski definition) is 10. The van der Waals surface area contributed by atoms with Crippen molar-refractivity contribution in [1.82, 2.24) is 19.8 Å². The third-order valence-electron chi connectivity index (χ3n) is 10.3. The van der Waals surface area contributed by atoms with Crippen LogP contribution in [0.4, 0.5) is 11.5 Å². The largest absolute Gasteiger partial charge is 0.467 e. The van der Waals surface area contributed by atoms with Gasteiger partial charge in [-0.05, 0) is 63.2 Å². The second-order valence-corrected chi connectivity index (χ2v) is 13.1. The molecule has 246 valence electrons. The number of rotatable bonds is 10. The highest BCUT2D eigenvalue weighted by Crippen LogP contribution is 2.48. The number of likely N-dealkylation sites (tertiary alicyclic amines) is 1. The maximum absolute atomic E-state index is 12.7. The summed E-state index contributed by atoms with van der Waals surface area (Å²) in [4.78, 5) is 31.7. The SMILES string of the molecule is C=CC(=O)N1CCN(c2nc(OC3(C4CCCN4C)CC3)nc3c2CCN(c2cc(OCOC)cc4ccccc24)C3)CC1CC#N. The minimum Gasteiger partial charge on any atom is -0.467 e. The molecule has 0 radical (unpaired) electrons. The molecule has 0 N–H and O–H groups in total. The summed E-state index contributed by atoms with van der Waals surface area (Å²) in [6, 6.07) is 15.3. The molecule has 1 aromatic heterocycles. The van der Waals surface area contributed by atoms with Crippen molar-refractivity contribution in [1.29, 1.82) is 5.26 Å². The first-order chi connectivity index (χ1) is 22.9. The minimum absolute atomic E-state index is 0.144. The van der Waals surface area contributed by atoms with Gasteiger partial charge in [0.05, 0.1) is 30.8 Å². The molecule has 11 nitrogen and oxygen atoms in total. The van der Waals surface area contributed by atoms with Crippen molar-refractivity contribution in [2.24, 2.45) is 0 Å². The average molecular weight is 638 g/mol. The molecule has 1 saturated carbocycles. The fraction of sp³-hybridized carbons (Fsp3) is 0.500. The van der Waals surface area contributed by atoms with E-state index in [-0.39, 0.29) is 30.8 Å². The van der Waals surface area contributed by atoms with Gasteiger partial charge >= 0.3 is 6.01 Å². The molecule has 0 spiro atoms. The van der Waals surface area contributed by atoms with Crippen molar-refractivity contribution in [3.8, 4) is 17.8 Å². The number of hydrogen-bond donors (Lipinski definition) is 0. The van der Waals surface area contributed by atoms with Crippen molar-refractivity contribution < 1.29 is 19.0 Å². The number of benzene rings is 2. The van der Waals surface area contributed by atoms with E-state index in [1.54, 1.807) is 12.0 Å². The lowest BCUT2D eigenvalue weighted by Crippen LogP contribution is -2.55. The quantitative estimate of drug-likeness (QED) is 0.236. The zero-order valence-corrected chi connectivity index (χ0v) is 27.4. The van der Waals surface area contributed by atoms with Crippen LogP contribution in [-0.2, 0) is 22.5 Å². The van der Waals surface area contributed by atoms with Gasteiger partial charge in [0.15, 0.2) is 6.79 Å². The van der Waals surface area contributed by atoms with Crippen LogP contribution < -0.4 is 19.3 Å². The topological polar surface area (TPSA) is 107 Å². The predicted molar refractivity (Wildman–Crippen MR) is 180 cm³/mol. The molecule has 2 saturated heterocycles. The fourth-order valence-electron chi connectivity index (χ4n) is 7.76. The van der Waals surface area contributed by atoms with Crippen LogP contribution in [0.2, 0.25) is 0 Å². The summed E-state index contributed by atoms with van der Waals surface area (Å²) in [5.41, 5.74) is 2.87. The van der Waals surface area contributed by atoms with E-state index in [1.807, 2.05) is 12.1 Å². The highest BCUT2D eigenvalue weighted by Gasteiger charge is 2.55. The Kier molecular flexibility index (Phi) is 8.64. The molecule has 3 aliphatic heterocycles. The van der Waals surface area contributed by atoms with Crippen LogP contribution in [0, 0.1) is 11.3 Å². The Hall–Kier alpha value is -4.40. The molecule has 2 atom stereocenters. The van der Waals surface area contributed by atoms with Gasteiger partial charge in [0.25, 0.3) is 0 Å². The molecule has 0 bridgehead atoms. The van der Waals surface area contributed by atoms with Gasteiger partial charge < -0.3 is 28.9 Å². The van der Waals surface area contributed by atoms with Crippen LogP contribution in [0.25, 0.3) is 10.8 Å². The number of carbonyl (C=O) groups is 1. The molecular formula is C36H43N7O4. The number of fused-ring (bicyclic) bond motifs is 2. The molecule has 4 heterocycles. The van der Waals surface area contributed by atoms with Gasteiger partial charge in [-0.1, -0.05) is 30.8 Å². The molecule has 1 amide bonds. The second kappa shape index (κ2) is 13.0. The molecule has 4 aliphatic rings. The summed E-state index contributed by atoms with van der Waals surface area (Å²) in [6.45, 7) is 7.91. The Bertz CT molecular complexity index is 1700. The third-order valence-corrected chi connectivity index (χ3v) is 10.3. The third kappa shape index (κ3) is 6.08. The van der Waals surface area contributed by atoms with Crippen molar-refractivity contribution in [2.45, 2.75) is 62.8 Å². The number of piperazine rings is 1. The number of nitriles is 1. The normalized spacial score (nSPS) is 22.1. The van der Waals surface area contributed by atoms with Gasteiger partial charge in [-0.25, -0.2) is 0 Å². The molecule has 3 fully saturated rings. The van der Waals surface area contributed by atoms with Crippen LogP contribution in [-0.4, -0.2) is 97.0 Å². The molecule has 11 heteroatoms. The first-order valence-corrected chi connectivity index (χ1v) is 16.7. The highest BCUT2D eigenvalue weighted by molar-refractivity contribution is 5.96. The van der Waals surface area contributed by atoms with Crippen LogP contribution in [0.3, 0.4) is 0 Å². The molecule has 7 rings (SSSR count). The summed E-state index contributed by atoms with van der Waals surface area (Å²) in [7, 11) is 3.81. The van der Waals surface area contributed by atoms with Crippen molar-refractivity contribution in [3.63, 3.8) is 0 Å². The zero-order valence-electron chi connectivity index (χ0n) is 27.4. The molecule has 47 heavy (non-hydrogen) atoms. The van der Waals surface area contributed by atoms with E-state index in [0.29, 0.717) is 38.2 Å². The number of ether oxygens (including phenoxy) is 3. The zero-order chi connectivity index (χ0) is 32.5. The maximum atomic E-state index is 12.7. The lowest BCUT2D eigenvalue weighted by atomic mass is 10.0. The number of aromatic nitrogens is 2. The average Bonchev–Trinajstić information content (AvgIpc) is 3.73. The summed E-state index contributed by atoms with van der Waals surface area (Å²) >= 11 is 0. The molecular weight excluding hydrogens is 594 g/mol. The molecule has 3 aromatic rings. The molecule has 2 unspecified atom stereocenters. The van der Waals surface area contributed by atoms with E-state index >= 15 is 0 Å². The van der Waals surface area contributed by atoms with E-state index in [1.165, 1.54) is 12.5 Å². The Morgan fingerprint density at radius 3 is 2.74 bits per heavy atom. The highest BCUT2D eigenvalue weighted by atomic mass is 16.7. The monoisotopic (exact) mass is 637 g/mol. The van der Waals surface area contributed by atoms with Gasteiger partial charge in [-0.3, -0.25) is 9.69 Å². The summed E-state index contributed by atoms with van der Waals surface area (Å²) < 4.78 is 17.9. The lowest BCUT2D eigenvalue weighted by molar-refractivity contribution is -0.128. The van der Waals surface area contributed by atoms with Crippen LogP contribution in [0.15, 0.2) is 49.1 Å². The Morgan fingerprint density at radius 2 is 2.00 bits per heavy atom. The van der Waals surface area contributed by atoms with E-state index in [2.05, 4.69) is 58.7 Å². The number of carbonyl (C=O) groups excluding carboxylic acids is 1. The van der Waals surface area contributed by atoms with Crippen LogP contribution >= 0.6 is 0 Å². The van der Waals surface area contributed by atoms with Gasteiger partial charge in [0.1, 0.15) is 17.2 Å². The standard InChI is InChI=1S/C36H43N7O4/c1-4-33(44)43-19-18-42(22-26(43)11-15-37)34-29-12-17-41(31-21-27(46-24-45-3)20-25-8-5-6-9-28(25)31)23-30(29)38-35(39-34)47-36(13-14-36)32-10-7-16-40(32)2/h4-6,8-9,20-21,26,32H,1,7,10-14,16-19,22-24H2,2-3H3. The van der Waals surface area contributed by atoms with Crippen molar-refractivity contribution in [3.05, 3.63) is 60.3 Å². The Morgan fingerprint density at radius 1 is 1.15 bits per heavy atom. The van der Waals surface area contributed by atoms with Crippen LogP contribution in [0.5, 0.6) is 11.8 Å². The minimum atomic E-state index is -0.257. The summed E-state index contributed by atoms with van der Waals surface area (Å²) in [5, 5.41) is 11.9. The Balaban J connectivity index is 1.25. The number of likely N-dealkylation sites (N-methyl/N-ethyl adjacent to an activating group) is 1. The molecule has 2 aromatic carbocycles. The van der Waals surface area contributed by atoms with Gasteiger partial charge in [0.2, 0.25) is 5.91 Å². The molecule has 1 aliphatic carbocycles. The second-order valence-electron chi connectivity index (χ2n) is 13.1. The van der Waals surface area contributed by atoms with Gasteiger partial charge in [-0.15, -0.1) is 0 Å². The summed E-state index contributed by atoms with van der Waals surface area (Å²) in [6.07, 6.45) is 6.60. The van der Waals surface area contributed by atoms with E-state index in [4.69, 9.17) is 24.2 Å². The Labute approximate surface area is 276 Å². The van der Waals surface area contributed by atoms with E-state index in [9.17, 15) is 10.1 Å². The number of methoxy groups -OCH3 is 1. The lowest BCUT2D eigenvalue weighted by Gasteiger charge is -2.42. The van der Waals surface area contributed by atoms with Crippen molar-refractivity contribution >= 4 is 28.2 Å². The number of anilines is 2. The van der Waals surface area contributed by atoms with E-state index in [0.717, 1.165) is 78.1 Å². The smallest absolute Gasteiger partial charge is 0.319 e. The van der Waals surface area contributed by atoms with Gasteiger partial charge in [-0.2, -0.15) is 15.2 Å². The van der Waals surface area contributed by atoms with E-state index < -0.39 is 0 Å².